The van der Waals surface area contributed by atoms with Crippen LogP contribution in [0.3, 0.4) is 0 Å². The minimum absolute atomic E-state index is 0.0396. The molecule has 1 heterocycles. The Morgan fingerprint density at radius 1 is 1.35 bits per heavy atom. The smallest absolute Gasteiger partial charge is 0.310 e. The molecule has 6 nitrogen and oxygen atoms in total. The summed E-state index contributed by atoms with van der Waals surface area (Å²) in [6, 6.07) is -0.443. The summed E-state index contributed by atoms with van der Waals surface area (Å²) >= 11 is 0. The van der Waals surface area contributed by atoms with Gasteiger partial charge in [0, 0.05) is 6.54 Å². The third kappa shape index (κ3) is 4.59. The normalized spacial score (nSPS) is 20.8. The molecule has 0 aliphatic carbocycles. The van der Waals surface area contributed by atoms with Crippen molar-refractivity contribution in [3.8, 4) is 0 Å². The highest BCUT2D eigenvalue weighted by atomic mass is 16.5. The van der Waals surface area contributed by atoms with Crippen LogP contribution in [0.4, 0.5) is 0 Å². The molecule has 0 aromatic rings. The van der Waals surface area contributed by atoms with Gasteiger partial charge in [0.15, 0.2) is 5.78 Å². The van der Waals surface area contributed by atoms with Crippen molar-refractivity contribution in [1.29, 1.82) is 0 Å². The third-order valence-electron chi connectivity index (χ3n) is 3.60. The fraction of sp³-hybridized carbons (Fsp3) is 0.786. The summed E-state index contributed by atoms with van der Waals surface area (Å²) in [6.07, 6.45) is 0.709. The number of likely N-dealkylation sites (tertiary alicyclic amines) is 1. The Morgan fingerprint density at radius 3 is 2.50 bits per heavy atom. The molecule has 1 aliphatic rings. The summed E-state index contributed by atoms with van der Waals surface area (Å²) in [7, 11) is 1.37. The van der Waals surface area contributed by atoms with Gasteiger partial charge < -0.3 is 10.1 Å². The highest BCUT2D eigenvalue weighted by Gasteiger charge is 2.30. The number of hydrogen-bond donors (Lipinski definition) is 1. The zero-order valence-electron chi connectivity index (χ0n) is 12.6. The summed E-state index contributed by atoms with van der Waals surface area (Å²) in [5.41, 5.74) is 0. The van der Waals surface area contributed by atoms with Crippen LogP contribution in [0.15, 0.2) is 0 Å². The number of carbonyl (C=O) groups is 3. The lowest BCUT2D eigenvalue weighted by Gasteiger charge is -2.21. The van der Waals surface area contributed by atoms with Gasteiger partial charge in [0.1, 0.15) is 0 Å². The fourth-order valence-corrected chi connectivity index (χ4v) is 2.50. The lowest BCUT2D eigenvalue weighted by atomic mass is 10.0. The van der Waals surface area contributed by atoms with Crippen LogP contribution in [-0.4, -0.2) is 55.3 Å². The van der Waals surface area contributed by atoms with Gasteiger partial charge in [-0.15, -0.1) is 0 Å². The van der Waals surface area contributed by atoms with Gasteiger partial charge in [-0.1, -0.05) is 13.8 Å². The summed E-state index contributed by atoms with van der Waals surface area (Å²) in [5.74, 6) is -0.525. The lowest BCUT2D eigenvalue weighted by Crippen LogP contribution is -2.47. The highest BCUT2D eigenvalue weighted by Crippen LogP contribution is 2.17. The first-order chi connectivity index (χ1) is 9.35. The Kier molecular flexibility index (Phi) is 6.13. The maximum Gasteiger partial charge on any atom is 0.310 e. The molecule has 2 unspecified atom stereocenters. The van der Waals surface area contributed by atoms with Crippen LogP contribution < -0.4 is 5.32 Å². The molecular formula is C14H24N2O4. The van der Waals surface area contributed by atoms with Crippen molar-refractivity contribution in [3.05, 3.63) is 0 Å². The van der Waals surface area contributed by atoms with Crippen LogP contribution in [-0.2, 0) is 19.1 Å². The SMILES string of the molecule is COC(=O)C1CCN(CC(=O)NC(C(C)=O)C(C)C)C1. The largest absolute Gasteiger partial charge is 0.469 e. The van der Waals surface area contributed by atoms with Crippen LogP contribution >= 0.6 is 0 Å². The molecule has 1 amide bonds. The molecule has 114 valence electrons. The standard InChI is InChI=1S/C14H24N2O4/c1-9(2)13(10(3)17)15-12(18)8-16-6-5-11(7-16)14(19)20-4/h9,11,13H,5-8H2,1-4H3,(H,15,18). The average molecular weight is 284 g/mol. The zero-order valence-corrected chi connectivity index (χ0v) is 12.6. The Morgan fingerprint density at radius 2 is 2.00 bits per heavy atom. The van der Waals surface area contributed by atoms with E-state index in [1.807, 2.05) is 18.7 Å². The number of hydrogen-bond acceptors (Lipinski definition) is 5. The molecule has 1 rings (SSSR count). The van der Waals surface area contributed by atoms with Gasteiger partial charge in [-0.05, 0) is 25.8 Å². The molecule has 1 N–H and O–H groups in total. The predicted molar refractivity (Wildman–Crippen MR) is 74.0 cm³/mol. The second-order valence-electron chi connectivity index (χ2n) is 5.64. The number of nitrogens with one attached hydrogen (secondary N) is 1. The van der Waals surface area contributed by atoms with Crippen molar-refractivity contribution in [2.75, 3.05) is 26.7 Å². The van der Waals surface area contributed by atoms with E-state index in [9.17, 15) is 14.4 Å². The molecule has 0 spiro atoms. The van der Waals surface area contributed by atoms with Gasteiger partial charge in [0.25, 0.3) is 0 Å². The second-order valence-corrected chi connectivity index (χ2v) is 5.64. The van der Waals surface area contributed by atoms with E-state index >= 15 is 0 Å². The van der Waals surface area contributed by atoms with Gasteiger partial charge >= 0.3 is 5.97 Å². The molecule has 0 aromatic carbocycles. The van der Waals surface area contributed by atoms with Crippen LogP contribution in [0.5, 0.6) is 0 Å². The number of ketones is 1. The lowest BCUT2D eigenvalue weighted by molar-refractivity contribution is -0.145. The Labute approximate surface area is 119 Å². The molecule has 1 aliphatic heterocycles. The van der Waals surface area contributed by atoms with E-state index in [1.54, 1.807) is 0 Å². The average Bonchev–Trinajstić information content (AvgIpc) is 2.82. The number of Topliss-reactive ketones (excluding diaryl/α,β-unsaturated/α-hetero) is 1. The topological polar surface area (TPSA) is 75.7 Å². The molecule has 0 radical (unpaired) electrons. The molecule has 1 fully saturated rings. The van der Waals surface area contributed by atoms with Crippen molar-refractivity contribution in [1.82, 2.24) is 10.2 Å². The Bertz CT molecular complexity index is 381. The number of nitrogens with zero attached hydrogens (tertiary/aromatic N) is 1. The minimum Gasteiger partial charge on any atom is -0.469 e. The molecule has 6 heteroatoms. The maximum absolute atomic E-state index is 11.9. The number of esters is 1. The van der Waals surface area contributed by atoms with Gasteiger partial charge in [-0.3, -0.25) is 19.3 Å². The van der Waals surface area contributed by atoms with Crippen LogP contribution in [0.25, 0.3) is 0 Å². The quantitative estimate of drug-likeness (QED) is 0.706. The van der Waals surface area contributed by atoms with E-state index in [0.717, 1.165) is 0 Å². The summed E-state index contributed by atoms with van der Waals surface area (Å²) < 4.78 is 4.70. The van der Waals surface area contributed by atoms with E-state index < -0.39 is 6.04 Å². The molecular weight excluding hydrogens is 260 g/mol. The number of amides is 1. The van der Waals surface area contributed by atoms with Crippen molar-refractivity contribution in [2.24, 2.45) is 11.8 Å². The Balaban J connectivity index is 2.44. The second kappa shape index (κ2) is 7.38. The minimum atomic E-state index is -0.443. The first-order valence-electron chi connectivity index (χ1n) is 6.95. The first kappa shape index (κ1) is 16.6. The molecule has 0 bridgehead atoms. The van der Waals surface area contributed by atoms with Crippen molar-refractivity contribution in [3.63, 3.8) is 0 Å². The summed E-state index contributed by atoms with van der Waals surface area (Å²) in [5, 5.41) is 2.75. The highest BCUT2D eigenvalue weighted by molar-refractivity contribution is 5.88. The van der Waals surface area contributed by atoms with Crippen LogP contribution in [0, 0.1) is 11.8 Å². The predicted octanol–water partition coefficient (Wildman–Crippen LogP) is 0.211. The molecule has 1 saturated heterocycles. The fourth-order valence-electron chi connectivity index (χ4n) is 2.50. The summed E-state index contributed by atoms with van der Waals surface area (Å²) in [4.78, 5) is 36.7. The monoisotopic (exact) mass is 284 g/mol. The molecule has 0 aromatic heterocycles. The van der Waals surface area contributed by atoms with Crippen LogP contribution in [0.1, 0.15) is 27.2 Å². The Hall–Kier alpha value is -1.43. The number of carbonyl (C=O) groups excluding carboxylic acids is 3. The molecule has 0 saturated carbocycles. The van der Waals surface area contributed by atoms with Gasteiger partial charge in [-0.2, -0.15) is 0 Å². The first-order valence-corrected chi connectivity index (χ1v) is 6.95. The van der Waals surface area contributed by atoms with E-state index in [0.29, 0.717) is 19.5 Å². The number of rotatable bonds is 6. The van der Waals surface area contributed by atoms with Gasteiger partial charge in [-0.25, -0.2) is 0 Å². The van der Waals surface area contributed by atoms with Crippen molar-refractivity contribution < 1.29 is 19.1 Å². The van der Waals surface area contributed by atoms with E-state index in [-0.39, 0.29) is 36.0 Å². The van der Waals surface area contributed by atoms with Crippen molar-refractivity contribution >= 4 is 17.7 Å². The van der Waals surface area contributed by atoms with E-state index in [4.69, 9.17) is 4.74 Å². The summed E-state index contributed by atoms with van der Waals surface area (Å²) in [6.45, 7) is 6.72. The van der Waals surface area contributed by atoms with Crippen LogP contribution in [0.2, 0.25) is 0 Å². The zero-order chi connectivity index (χ0) is 15.3. The van der Waals surface area contributed by atoms with Gasteiger partial charge in [0.2, 0.25) is 5.91 Å². The molecule has 2 atom stereocenters. The third-order valence-corrected chi connectivity index (χ3v) is 3.60. The molecule has 20 heavy (non-hydrogen) atoms. The maximum atomic E-state index is 11.9. The van der Waals surface area contributed by atoms with E-state index in [1.165, 1.54) is 14.0 Å². The van der Waals surface area contributed by atoms with E-state index in [2.05, 4.69) is 5.32 Å². The van der Waals surface area contributed by atoms with Crippen molar-refractivity contribution in [2.45, 2.75) is 33.2 Å². The number of methoxy groups -OCH3 is 1. The van der Waals surface area contributed by atoms with Gasteiger partial charge in [0.05, 0.1) is 25.6 Å². The number of ether oxygens (including phenoxy) is 1.